The summed E-state index contributed by atoms with van der Waals surface area (Å²) >= 11 is 0. The molecule has 8 atom stereocenters. The Morgan fingerprint density at radius 1 is 0.939 bits per heavy atom. The summed E-state index contributed by atoms with van der Waals surface area (Å²) in [6.45, 7) is 23.0. The lowest BCUT2D eigenvalue weighted by atomic mass is 9.47. The van der Waals surface area contributed by atoms with Crippen LogP contribution < -0.4 is 5.32 Å². The predicted octanol–water partition coefficient (Wildman–Crippen LogP) is 9.34. The normalized spacial score (nSPS) is 35.5. The number of carbonyl (C=O) groups is 1. The molecule has 7 nitrogen and oxygen atoms in total. The molecular formula is C41H70BNO6. The summed E-state index contributed by atoms with van der Waals surface area (Å²) in [5.41, 5.74) is 1.67. The molecule has 0 radical (unpaired) electrons. The molecule has 1 saturated heterocycles. The summed E-state index contributed by atoms with van der Waals surface area (Å²) in [5.74, 6) is 6.93. The number of fused-ring (bicyclic) bond motifs is 5. The average molecular weight is 684 g/mol. The molecule has 1 heterocycles. The largest absolute Gasteiger partial charge is 0.486 e. The van der Waals surface area contributed by atoms with Crippen molar-refractivity contribution in [3.8, 4) is 0 Å². The van der Waals surface area contributed by atoms with Crippen molar-refractivity contribution in [3.05, 3.63) is 23.7 Å². The zero-order valence-electron chi connectivity index (χ0n) is 32.6. The Hall–Kier alpha value is -1.35. The molecule has 4 fully saturated rings. The molecule has 0 aromatic rings. The first-order valence-corrected chi connectivity index (χ1v) is 20.0. The third-order valence-electron chi connectivity index (χ3n) is 14.2. The van der Waals surface area contributed by atoms with Crippen LogP contribution in [-0.2, 0) is 23.5 Å². The highest BCUT2D eigenvalue weighted by Gasteiger charge is 2.59. The van der Waals surface area contributed by atoms with E-state index in [1.807, 2.05) is 39.7 Å². The van der Waals surface area contributed by atoms with E-state index in [9.17, 15) is 4.79 Å². The van der Waals surface area contributed by atoms with Gasteiger partial charge in [0.2, 0.25) is 0 Å². The van der Waals surface area contributed by atoms with Gasteiger partial charge in [-0.2, -0.15) is 0 Å². The van der Waals surface area contributed by atoms with Crippen molar-refractivity contribution in [1.82, 2.24) is 5.32 Å². The van der Waals surface area contributed by atoms with E-state index >= 15 is 0 Å². The highest BCUT2D eigenvalue weighted by atomic mass is 16.7. The van der Waals surface area contributed by atoms with Crippen molar-refractivity contribution in [2.45, 2.75) is 150 Å². The van der Waals surface area contributed by atoms with Gasteiger partial charge in [-0.15, -0.1) is 0 Å². The Morgan fingerprint density at radius 2 is 1.67 bits per heavy atom. The van der Waals surface area contributed by atoms with Gasteiger partial charge in [-0.25, -0.2) is 4.79 Å². The van der Waals surface area contributed by atoms with Crippen molar-refractivity contribution in [1.29, 1.82) is 0 Å². The molecule has 49 heavy (non-hydrogen) atoms. The second-order valence-corrected chi connectivity index (χ2v) is 18.2. The smallest absolute Gasteiger partial charge is 0.446 e. The van der Waals surface area contributed by atoms with E-state index < -0.39 is 0 Å². The number of nitrogens with one attached hydrogen (secondary N) is 1. The molecule has 8 heteroatoms. The second-order valence-electron chi connectivity index (χ2n) is 18.2. The molecule has 0 aromatic carbocycles. The average Bonchev–Trinajstić information content (AvgIpc) is 3.48. The van der Waals surface area contributed by atoms with Crippen molar-refractivity contribution in [2.75, 3.05) is 33.0 Å². The zero-order valence-corrected chi connectivity index (χ0v) is 32.6. The Balaban J connectivity index is 0.977. The highest BCUT2D eigenvalue weighted by Crippen LogP contribution is 2.67. The number of alkyl carbamates (subject to hydrolysis) is 1. The Kier molecular flexibility index (Phi) is 12.8. The number of carbonyl (C=O) groups excluding carboxylic acids is 1. The van der Waals surface area contributed by atoms with Crippen LogP contribution in [0.25, 0.3) is 0 Å². The predicted molar refractivity (Wildman–Crippen MR) is 198 cm³/mol. The van der Waals surface area contributed by atoms with Gasteiger partial charge in [0.25, 0.3) is 0 Å². The fourth-order valence-corrected chi connectivity index (χ4v) is 10.7. The van der Waals surface area contributed by atoms with Crippen LogP contribution in [0.4, 0.5) is 4.79 Å². The van der Waals surface area contributed by atoms with Gasteiger partial charge in [0.1, 0.15) is 6.10 Å². The van der Waals surface area contributed by atoms with Gasteiger partial charge in [-0.3, -0.25) is 0 Å². The summed E-state index contributed by atoms with van der Waals surface area (Å²) in [6, 6.07) is 0. The molecular weight excluding hydrogens is 613 g/mol. The summed E-state index contributed by atoms with van der Waals surface area (Å²) in [5, 5.41) is 2.89. The molecule has 3 saturated carbocycles. The molecule has 0 bridgehead atoms. The molecule has 278 valence electrons. The van der Waals surface area contributed by atoms with E-state index in [-0.39, 0.29) is 35.9 Å². The lowest BCUT2D eigenvalue weighted by Gasteiger charge is -2.58. The number of hydrogen-bond acceptors (Lipinski definition) is 6. The van der Waals surface area contributed by atoms with Crippen LogP contribution >= 0.6 is 0 Å². The first-order chi connectivity index (χ1) is 23.2. The fourth-order valence-electron chi connectivity index (χ4n) is 10.7. The first-order valence-electron chi connectivity index (χ1n) is 20.0. The summed E-state index contributed by atoms with van der Waals surface area (Å²) < 4.78 is 29.1. The Morgan fingerprint density at radius 3 is 2.41 bits per heavy atom. The maximum absolute atomic E-state index is 12.7. The maximum Gasteiger partial charge on any atom is 0.486 e. The number of hydrogen-bond donors (Lipinski definition) is 1. The molecule has 5 rings (SSSR count). The van der Waals surface area contributed by atoms with E-state index in [0.29, 0.717) is 38.4 Å². The minimum absolute atomic E-state index is 0.0353. The van der Waals surface area contributed by atoms with E-state index in [1.165, 1.54) is 51.4 Å². The molecule has 0 aromatic heterocycles. The highest BCUT2D eigenvalue weighted by molar-refractivity contribution is 6.51. The number of allylic oxidation sites excluding steroid dienone is 1. The summed E-state index contributed by atoms with van der Waals surface area (Å²) in [4.78, 5) is 12.7. The topological polar surface area (TPSA) is 75.3 Å². The quantitative estimate of drug-likeness (QED) is 0.105. The van der Waals surface area contributed by atoms with Crippen molar-refractivity contribution < 1.29 is 28.3 Å². The molecule has 4 aliphatic carbocycles. The Bertz CT molecular complexity index is 1150. The Labute approximate surface area is 299 Å². The summed E-state index contributed by atoms with van der Waals surface area (Å²) in [7, 11) is -0.354. The molecule has 3 unspecified atom stereocenters. The molecule has 0 spiro atoms. The fraction of sp³-hybridized carbons (Fsp3) is 0.878. The van der Waals surface area contributed by atoms with Crippen LogP contribution in [0.15, 0.2) is 23.7 Å². The van der Waals surface area contributed by atoms with Gasteiger partial charge < -0.3 is 28.8 Å². The minimum Gasteiger partial charge on any atom is -0.446 e. The van der Waals surface area contributed by atoms with Crippen LogP contribution in [0.2, 0.25) is 0 Å². The number of rotatable bonds is 15. The standard InChI is InChI=1S/C41H70BNO6/c1-29(2)12-10-13-30(3)34-16-17-35-33-15-14-31-28-32(18-20-40(31,8)36(33)19-21-41(34,35)9)47-37(44)43-23-25-46-27-26-45-24-11-22-42-48-38(4,5)39(6,7)49-42/h11,14,22,29-30,32-36H,10,12-13,15-21,23-28H2,1-9H3,(H,43,44)/b22-11+/t30-,32+,33?,34-,35?,36?,40+,41-/m1/s1. The molecule has 1 amide bonds. The lowest BCUT2D eigenvalue weighted by molar-refractivity contribution is -0.0581. The van der Waals surface area contributed by atoms with Gasteiger partial charge >= 0.3 is 13.2 Å². The third-order valence-corrected chi connectivity index (χ3v) is 14.2. The molecule has 1 aliphatic heterocycles. The van der Waals surface area contributed by atoms with Crippen LogP contribution in [0, 0.1) is 46.3 Å². The van der Waals surface area contributed by atoms with Gasteiger partial charge in [0.15, 0.2) is 0 Å². The molecule has 1 N–H and O–H groups in total. The lowest BCUT2D eigenvalue weighted by Crippen LogP contribution is -2.51. The van der Waals surface area contributed by atoms with E-state index in [2.05, 4.69) is 46.0 Å². The number of amides is 1. The van der Waals surface area contributed by atoms with E-state index in [0.717, 1.165) is 54.8 Å². The van der Waals surface area contributed by atoms with Crippen LogP contribution in [0.3, 0.4) is 0 Å². The van der Waals surface area contributed by atoms with Crippen molar-refractivity contribution >= 4 is 13.2 Å². The number of ether oxygens (including phenoxy) is 3. The SMILES string of the molecule is CC(C)CCC[C@@H](C)[C@H]1CCC2C3CC=C4C[C@@H](OC(=O)NCCOCCOC/C=C/B5OC(C)(C)C(C)(C)O5)CC[C@]4(C)C3CC[C@@]21C. The zero-order chi connectivity index (χ0) is 35.5. The van der Waals surface area contributed by atoms with Crippen LogP contribution in [0.1, 0.15) is 133 Å². The third kappa shape index (κ3) is 8.83. The van der Waals surface area contributed by atoms with Gasteiger partial charge in [0, 0.05) is 13.0 Å². The van der Waals surface area contributed by atoms with Crippen molar-refractivity contribution in [2.24, 2.45) is 46.3 Å². The minimum atomic E-state index is -0.354. The van der Waals surface area contributed by atoms with Gasteiger partial charge in [-0.1, -0.05) is 77.6 Å². The second kappa shape index (κ2) is 16.1. The van der Waals surface area contributed by atoms with E-state index in [1.54, 1.807) is 5.57 Å². The monoisotopic (exact) mass is 684 g/mol. The maximum atomic E-state index is 12.7. The van der Waals surface area contributed by atoms with Gasteiger partial charge in [0.05, 0.1) is 37.6 Å². The van der Waals surface area contributed by atoms with Crippen LogP contribution in [-0.4, -0.2) is 63.5 Å². The van der Waals surface area contributed by atoms with Gasteiger partial charge in [-0.05, 0) is 119 Å². The molecule has 5 aliphatic rings. The van der Waals surface area contributed by atoms with Crippen molar-refractivity contribution in [3.63, 3.8) is 0 Å². The summed E-state index contributed by atoms with van der Waals surface area (Å²) in [6.07, 6.45) is 18.1. The van der Waals surface area contributed by atoms with E-state index in [4.69, 9.17) is 23.5 Å². The van der Waals surface area contributed by atoms with Crippen LogP contribution in [0.5, 0.6) is 0 Å². The first kappa shape index (κ1) is 38.9.